The summed E-state index contributed by atoms with van der Waals surface area (Å²) in [5, 5.41) is 9.61. The van der Waals surface area contributed by atoms with Gasteiger partial charge in [-0.1, -0.05) is 29.8 Å². The standard InChI is InChI=1S/C26H28ClN3O5/c1-16-18(17(2)29-25(34)19(16)14-28)11-12-24(33)35-15-23(32)30(3)26(13-7-6-10-22(26)31)20-8-4-5-9-21(20)27/h4-5,8-9H,6-7,10-13,15H2,1-3H3,(H,29,34). The molecule has 9 heteroatoms. The molecule has 1 aliphatic rings. The lowest BCUT2D eigenvalue weighted by Crippen LogP contribution is -2.55. The van der Waals surface area contributed by atoms with Gasteiger partial charge in [-0.3, -0.25) is 19.2 Å². The number of hydrogen-bond donors (Lipinski definition) is 1. The third-order valence-electron chi connectivity index (χ3n) is 6.78. The lowest BCUT2D eigenvalue weighted by atomic mass is 9.74. The maximum absolute atomic E-state index is 13.1. The Balaban J connectivity index is 1.70. The number of esters is 1. The topological polar surface area (TPSA) is 120 Å². The molecule has 1 aromatic heterocycles. The molecule has 0 radical (unpaired) electrons. The highest BCUT2D eigenvalue weighted by atomic mass is 35.5. The quantitative estimate of drug-likeness (QED) is 0.584. The third-order valence-corrected chi connectivity index (χ3v) is 7.11. The Morgan fingerprint density at radius 1 is 1.23 bits per heavy atom. The fourth-order valence-electron chi connectivity index (χ4n) is 4.80. The van der Waals surface area contributed by atoms with E-state index in [2.05, 4.69) is 4.98 Å². The highest BCUT2D eigenvalue weighted by Crippen LogP contribution is 2.42. The van der Waals surface area contributed by atoms with Gasteiger partial charge in [0.2, 0.25) is 0 Å². The Morgan fingerprint density at radius 3 is 2.60 bits per heavy atom. The molecule has 1 unspecified atom stereocenters. The van der Waals surface area contributed by atoms with E-state index in [1.807, 2.05) is 6.07 Å². The van der Waals surface area contributed by atoms with Crippen LogP contribution in [0.15, 0.2) is 29.1 Å². The largest absolute Gasteiger partial charge is 0.456 e. The number of nitrogens with zero attached hydrogens (tertiary/aromatic N) is 2. The van der Waals surface area contributed by atoms with E-state index in [9.17, 15) is 24.4 Å². The van der Waals surface area contributed by atoms with Crippen molar-refractivity contribution < 1.29 is 19.1 Å². The van der Waals surface area contributed by atoms with E-state index in [1.54, 1.807) is 45.2 Å². The number of aromatic amines is 1. The minimum atomic E-state index is -1.20. The molecule has 1 amide bonds. The van der Waals surface area contributed by atoms with Crippen molar-refractivity contribution >= 4 is 29.3 Å². The van der Waals surface area contributed by atoms with Crippen molar-refractivity contribution in [3.05, 3.63) is 67.6 Å². The van der Waals surface area contributed by atoms with Gasteiger partial charge in [0.1, 0.15) is 17.2 Å². The Labute approximate surface area is 208 Å². The van der Waals surface area contributed by atoms with Gasteiger partial charge in [-0.2, -0.15) is 5.26 Å². The van der Waals surface area contributed by atoms with Crippen LogP contribution in [0.3, 0.4) is 0 Å². The number of benzene rings is 1. The van der Waals surface area contributed by atoms with Gasteiger partial charge in [-0.25, -0.2) is 0 Å². The molecular formula is C26H28ClN3O5. The molecule has 2 aromatic rings. The van der Waals surface area contributed by atoms with Gasteiger partial charge >= 0.3 is 5.97 Å². The van der Waals surface area contributed by atoms with Crippen molar-refractivity contribution in [2.45, 2.75) is 57.9 Å². The molecule has 1 aliphatic carbocycles. The monoisotopic (exact) mass is 497 g/mol. The number of amides is 1. The van der Waals surface area contributed by atoms with Crippen molar-refractivity contribution in [1.82, 2.24) is 9.88 Å². The van der Waals surface area contributed by atoms with E-state index in [4.69, 9.17) is 16.3 Å². The van der Waals surface area contributed by atoms with Crippen molar-refractivity contribution in [3.63, 3.8) is 0 Å². The van der Waals surface area contributed by atoms with Crippen LogP contribution in [-0.2, 0) is 31.1 Å². The van der Waals surface area contributed by atoms with E-state index in [1.165, 1.54) is 4.90 Å². The molecular weight excluding hydrogens is 470 g/mol. The van der Waals surface area contributed by atoms with E-state index < -0.39 is 29.6 Å². The number of Topliss-reactive ketones (excluding diaryl/α,β-unsaturated/α-hetero) is 1. The summed E-state index contributed by atoms with van der Waals surface area (Å²) < 4.78 is 5.23. The highest BCUT2D eigenvalue weighted by molar-refractivity contribution is 6.31. The molecule has 1 fully saturated rings. The Morgan fingerprint density at radius 2 is 1.94 bits per heavy atom. The molecule has 1 atom stereocenters. The number of nitrogens with one attached hydrogen (secondary N) is 1. The van der Waals surface area contributed by atoms with Crippen molar-refractivity contribution in [2.24, 2.45) is 0 Å². The van der Waals surface area contributed by atoms with Crippen LogP contribution < -0.4 is 5.56 Å². The smallest absolute Gasteiger partial charge is 0.306 e. The van der Waals surface area contributed by atoms with Gasteiger partial charge in [0.25, 0.3) is 11.5 Å². The number of aryl methyl sites for hydroxylation is 1. The predicted molar refractivity (Wildman–Crippen MR) is 130 cm³/mol. The predicted octanol–water partition coefficient (Wildman–Crippen LogP) is 3.49. The molecule has 0 spiro atoms. The third kappa shape index (κ3) is 5.15. The van der Waals surface area contributed by atoms with Gasteiger partial charge in [0.05, 0.1) is 0 Å². The van der Waals surface area contributed by atoms with Crippen molar-refractivity contribution in [2.75, 3.05) is 13.7 Å². The summed E-state index contributed by atoms with van der Waals surface area (Å²) in [6, 6.07) is 8.87. The van der Waals surface area contributed by atoms with Crippen LogP contribution in [0.4, 0.5) is 0 Å². The number of pyridine rings is 1. The van der Waals surface area contributed by atoms with E-state index in [0.717, 1.165) is 12.8 Å². The maximum atomic E-state index is 13.1. The van der Waals surface area contributed by atoms with Crippen LogP contribution >= 0.6 is 11.6 Å². The van der Waals surface area contributed by atoms with Gasteiger partial charge in [0, 0.05) is 36.2 Å². The van der Waals surface area contributed by atoms with Crippen LogP contribution in [0.25, 0.3) is 0 Å². The molecule has 1 saturated carbocycles. The van der Waals surface area contributed by atoms with Gasteiger partial charge in [-0.15, -0.1) is 0 Å². The second kappa shape index (κ2) is 10.9. The first-order valence-electron chi connectivity index (χ1n) is 11.5. The summed E-state index contributed by atoms with van der Waals surface area (Å²) >= 11 is 6.43. The lowest BCUT2D eigenvalue weighted by molar-refractivity contribution is -0.157. The number of ketones is 1. The summed E-state index contributed by atoms with van der Waals surface area (Å²) in [7, 11) is 1.54. The van der Waals surface area contributed by atoms with Gasteiger partial charge in [0.15, 0.2) is 12.4 Å². The maximum Gasteiger partial charge on any atom is 0.306 e. The number of aromatic nitrogens is 1. The van der Waals surface area contributed by atoms with Gasteiger partial charge < -0.3 is 14.6 Å². The average Bonchev–Trinajstić information content (AvgIpc) is 2.83. The first-order valence-corrected chi connectivity index (χ1v) is 11.8. The Bertz CT molecular complexity index is 1260. The Kier molecular flexibility index (Phi) is 8.13. The fraction of sp³-hybridized carbons (Fsp3) is 0.423. The van der Waals surface area contributed by atoms with E-state index in [-0.39, 0.29) is 24.2 Å². The lowest BCUT2D eigenvalue weighted by Gasteiger charge is -2.43. The number of ether oxygens (including phenoxy) is 1. The average molecular weight is 498 g/mol. The molecule has 0 saturated heterocycles. The number of H-pyrrole nitrogens is 1. The summed E-state index contributed by atoms with van der Waals surface area (Å²) in [6.07, 6.45) is 2.50. The normalized spacial score (nSPS) is 17.5. The zero-order valence-electron chi connectivity index (χ0n) is 20.1. The number of hydrogen-bond acceptors (Lipinski definition) is 6. The number of halogens is 1. The molecule has 3 rings (SSSR count). The SMILES string of the molecule is Cc1[nH]c(=O)c(C#N)c(C)c1CCC(=O)OCC(=O)N(C)C1(c2ccccc2Cl)CCCCC1=O. The van der Waals surface area contributed by atoms with Crippen molar-refractivity contribution in [1.29, 1.82) is 5.26 Å². The molecule has 35 heavy (non-hydrogen) atoms. The number of nitriles is 1. The minimum Gasteiger partial charge on any atom is -0.456 e. The number of carbonyl (C=O) groups is 3. The van der Waals surface area contributed by atoms with Crippen LogP contribution in [0.5, 0.6) is 0 Å². The molecule has 184 valence electrons. The summed E-state index contributed by atoms with van der Waals surface area (Å²) in [6.45, 7) is 2.85. The minimum absolute atomic E-state index is 0.0118. The zero-order chi connectivity index (χ0) is 25.8. The summed E-state index contributed by atoms with van der Waals surface area (Å²) in [5.74, 6) is -1.19. The summed E-state index contributed by atoms with van der Waals surface area (Å²) in [4.78, 5) is 54.5. The van der Waals surface area contributed by atoms with Crippen LogP contribution in [0.2, 0.25) is 5.02 Å². The molecule has 0 aliphatic heterocycles. The summed E-state index contributed by atoms with van der Waals surface area (Å²) in [5.41, 5.74) is 0.711. The second-order valence-corrected chi connectivity index (χ2v) is 9.16. The second-order valence-electron chi connectivity index (χ2n) is 8.75. The van der Waals surface area contributed by atoms with E-state index >= 15 is 0 Å². The first kappa shape index (κ1) is 26.2. The molecule has 1 N–H and O–H groups in total. The first-order chi connectivity index (χ1) is 16.6. The highest BCUT2D eigenvalue weighted by Gasteiger charge is 2.48. The fourth-order valence-corrected chi connectivity index (χ4v) is 5.09. The Hall–Kier alpha value is -3.44. The van der Waals surface area contributed by atoms with Crippen LogP contribution in [-0.4, -0.2) is 41.2 Å². The molecule has 1 heterocycles. The number of carbonyl (C=O) groups excluding carboxylic acids is 3. The molecule has 8 nitrogen and oxygen atoms in total. The molecule has 0 bridgehead atoms. The number of rotatable bonds is 7. The van der Waals surface area contributed by atoms with Crippen LogP contribution in [0.1, 0.15) is 60.1 Å². The van der Waals surface area contributed by atoms with Crippen molar-refractivity contribution in [3.8, 4) is 6.07 Å². The number of likely N-dealkylation sites (N-methyl/N-ethyl adjacent to an activating group) is 1. The van der Waals surface area contributed by atoms with Crippen LogP contribution in [0, 0.1) is 25.2 Å². The van der Waals surface area contributed by atoms with E-state index in [0.29, 0.717) is 40.2 Å². The zero-order valence-corrected chi connectivity index (χ0v) is 20.8. The molecule has 1 aromatic carbocycles. The van der Waals surface area contributed by atoms with Gasteiger partial charge in [-0.05, 0) is 56.7 Å².